The Morgan fingerprint density at radius 1 is 1.24 bits per heavy atom. The average molecular weight is 467 g/mol. The highest BCUT2D eigenvalue weighted by molar-refractivity contribution is 14.0. The molecule has 2 N–H and O–H groups in total. The van der Waals surface area contributed by atoms with E-state index in [1.165, 1.54) is 7.05 Å². The normalized spacial score (nSPS) is 11.8. The maximum Gasteiger partial charge on any atom is 0.390 e. The molecule has 0 unspecified atom stereocenters. The van der Waals surface area contributed by atoms with Crippen LogP contribution in [0, 0.1) is 0 Å². The number of guanidine groups is 1. The summed E-state index contributed by atoms with van der Waals surface area (Å²) in [5.41, 5.74) is 2.14. The molecule has 1 heterocycles. The minimum atomic E-state index is -4.17. The fourth-order valence-corrected chi connectivity index (χ4v) is 2.16. The van der Waals surface area contributed by atoms with Crippen LogP contribution in [0.5, 0.6) is 0 Å². The second kappa shape index (κ2) is 10.3. The zero-order valence-electron chi connectivity index (χ0n) is 13.8. The zero-order valence-corrected chi connectivity index (χ0v) is 16.1. The number of hydrogen-bond donors (Lipinski definition) is 2. The molecule has 0 saturated carbocycles. The minimum absolute atomic E-state index is 0. The number of nitrogens with zero attached hydrogens (tertiary/aromatic N) is 3. The summed E-state index contributed by atoms with van der Waals surface area (Å²) in [6, 6.07) is 7.95. The van der Waals surface area contributed by atoms with Gasteiger partial charge in [0, 0.05) is 39.1 Å². The van der Waals surface area contributed by atoms with Gasteiger partial charge < -0.3 is 15.2 Å². The highest BCUT2D eigenvalue weighted by atomic mass is 127. The van der Waals surface area contributed by atoms with Crippen LogP contribution in [-0.2, 0) is 13.1 Å². The Balaban J connectivity index is 0.00000312. The number of aromatic nitrogens is 2. The number of benzene rings is 1. The van der Waals surface area contributed by atoms with Gasteiger partial charge in [-0.25, -0.2) is 4.98 Å². The van der Waals surface area contributed by atoms with Gasteiger partial charge >= 0.3 is 6.18 Å². The van der Waals surface area contributed by atoms with E-state index in [4.69, 9.17) is 0 Å². The summed E-state index contributed by atoms with van der Waals surface area (Å²) in [5, 5.41) is 5.66. The summed E-state index contributed by atoms with van der Waals surface area (Å²) in [4.78, 5) is 7.92. The number of hydrogen-bond acceptors (Lipinski definition) is 2. The van der Waals surface area contributed by atoms with E-state index in [0.29, 0.717) is 19.0 Å². The maximum absolute atomic E-state index is 12.2. The highest BCUT2D eigenvalue weighted by Gasteiger charge is 2.26. The highest BCUT2D eigenvalue weighted by Crippen LogP contribution is 2.18. The number of alkyl halides is 3. The van der Waals surface area contributed by atoms with E-state index in [0.717, 1.165) is 11.1 Å². The molecule has 1 aromatic carbocycles. The monoisotopic (exact) mass is 467 g/mol. The third-order valence-corrected chi connectivity index (χ3v) is 3.30. The lowest BCUT2D eigenvalue weighted by Gasteiger charge is -2.13. The van der Waals surface area contributed by atoms with Crippen LogP contribution in [0.25, 0.3) is 0 Å². The van der Waals surface area contributed by atoms with Gasteiger partial charge in [-0.3, -0.25) is 4.99 Å². The van der Waals surface area contributed by atoms with Crippen LogP contribution in [0.2, 0.25) is 0 Å². The third kappa shape index (κ3) is 8.23. The molecule has 2 rings (SSSR count). The van der Waals surface area contributed by atoms with Crippen molar-refractivity contribution in [3.05, 3.63) is 54.1 Å². The zero-order chi connectivity index (χ0) is 17.4. The van der Waals surface area contributed by atoms with Crippen molar-refractivity contribution in [2.75, 3.05) is 13.6 Å². The maximum atomic E-state index is 12.2. The van der Waals surface area contributed by atoms with E-state index in [-0.39, 0.29) is 30.5 Å². The summed E-state index contributed by atoms with van der Waals surface area (Å²) in [5.74, 6) is 0.347. The molecule has 0 fully saturated rings. The average Bonchev–Trinajstić information content (AvgIpc) is 3.03. The summed E-state index contributed by atoms with van der Waals surface area (Å²) in [6.07, 6.45) is 0.290. The SMILES string of the molecule is CN=C(NCCC(F)(F)F)NCc1cccc(Cn2ccnc2)c1.I. The summed E-state index contributed by atoms with van der Waals surface area (Å²) in [7, 11) is 1.53. The molecule has 2 aromatic rings. The number of nitrogens with one attached hydrogen (secondary N) is 2. The van der Waals surface area contributed by atoms with Crippen LogP contribution >= 0.6 is 24.0 Å². The van der Waals surface area contributed by atoms with Crippen molar-refractivity contribution in [3.63, 3.8) is 0 Å². The topological polar surface area (TPSA) is 54.2 Å². The van der Waals surface area contributed by atoms with E-state index in [1.807, 2.05) is 35.0 Å². The number of aliphatic imine (C=N–C) groups is 1. The smallest absolute Gasteiger partial charge is 0.356 e. The molecule has 0 amide bonds. The van der Waals surface area contributed by atoms with Crippen LogP contribution in [0.15, 0.2) is 48.0 Å². The predicted molar refractivity (Wildman–Crippen MR) is 102 cm³/mol. The van der Waals surface area contributed by atoms with Crippen LogP contribution in [0.1, 0.15) is 17.5 Å². The second-order valence-corrected chi connectivity index (χ2v) is 5.27. The molecule has 0 aliphatic rings. The number of imidazole rings is 1. The molecule has 1 aromatic heterocycles. The Morgan fingerprint density at radius 3 is 2.64 bits per heavy atom. The van der Waals surface area contributed by atoms with Gasteiger partial charge in [0.2, 0.25) is 0 Å². The molecule has 0 atom stereocenters. The summed E-state index contributed by atoms with van der Waals surface area (Å²) < 4.78 is 38.4. The van der Waals surface area contributed by atoms with Crippen molar-refractivity contribution in [2.45, 2.75) is 25.7 Å². The molecule has 0 bridgehead atoms. The quantitative estimate of drug-likeness (QED) is 0.390. The van der Waals surface area contributed by atoms with Gasteiger partial charge in [-0.05, 0) is 11.1 Å². The van der Waals surface area contributed by atoms with Crippen LogP contribution < -0.4 is 10.6 Å². The Hall–Kier alpha value is -1.78. The molecular weight excluding hydrogens is 446 g/mol. The first-order chi connectivity index (χ1) is 11.5. The molecule has 0 spiro atoms. The lowest BCUT2D eigenvalue weighted by atomic mass is 10.1. The fraction of sp³-hybridized carbons (Fsp3) is 0.375. The van der Waals surface area contributed by atoms with Gasteiger partial charge in [0.05, 0.1) is 12.7 Å². The molecule has 138 valence electrons. The molecule has 5 nitrogen and oxygen atoms in total. The van der Waals surface area contributed by atoms with Crippen molar-refractivity contribution >= 4 is 29.9 Å². The Bertz CT molecular complexity index is 656. The van der Waals surface area contributed by atoms with Gasteiger partial charge in [-0.15, -0.1) is 24.0 Å². The van der Waals surface area contributed by atoms with Crippen molar-refractivity contribution in [1.29, 1.82) is 0 Å². The molecule has 0 aliphatic heterocycles. The molecule has 25 heavy (non-hydrogen) atoms. The van der Waals surface area contributed by atoms with Gasteiger partial charge in [0.25, 0.3) is 0 Å². The van der Waals surface area contributed by atoms with E-state index in [1.54, 1.807) is 12.5 Å². The number of rotatable bonds is 6. The van der Waals surface area contributed by atoms with Gasteiger partial charge in [0.15, 0.2) is 5.96 Å². The van der Waals surface area contributed by atoms with E-state index in [2.05, 4.69) is 20.6 Å². The second-order valence-electron chi connectivity index (χ2n) is 5.27. The Morgan fingerprint density at radius 2 is 2.00 bits per heavy atom. The Labute approximate surface area is 161 Å². The third-order valence-electron chi connectivity index (χ3n) is 3.30. The van der Waals surface area contributed by atoms with Crippen LogP contribution in [-0.4, -0.2) is 35.3 Å². The predicted octanol–water partition coefficient (Wildman–Crippen LogP) is 3.17. The van der Waals surface area contributed by atoms with Crippen molar-refractivity contribution in [2.24, 2.45) is 4.99 Å². The lowest BCUT2D eigenvalue weighted by molar-refractivity contribution is -0.132. The van der Waals surface area contributed by atoms with Crippen LogP contribution in [0.4, 0.5) is 13.2 Å². The first kappa shape index (κ1) is 21.3. The fourth-order valence-electron chi connectivity index (χ4n) is 2.16. The largest absolute Gasteiger partial charge is 0.390 e. The van der Waals surface area contributed by atoms with Gasteiger partial charge in [0.1, 0.15) is 0 Å². The summed E-state index contributed by atoms with van der Waals surface area (Å²) >= 11 is 0. The molecule has 0 aliphatic carbocycles. The molecular formula is C16H21F3IN5. The molecule has 9 heteroatoms. The van der Waals surface area contributed by atoms with Crippen LogP contribution in [0.3, 0.4) is 0 Å². The lowest BCUT2D eigenvalue weighted by Crippen LogP contribution is -2.38. The van der Waals surface area contributed by atoms with Gasteiger partial charge in [-0.1, -0.05) is 24.3 Å². The first-order valence-corrected chi connectivity index (χ1v) is 7.51. The van der Waals surface area contributed by atoms with Gasteiger partial charge in [-0.2, -0.15) is 13.2 Å². The Kier molecular flexibility index (Phi) is 8.73. The van der Waals surface area contributed by atoms with E-state index >= 15 is 0 Å². The summed E-state index contributed by atoms with van der Waals surface area (Å²) in [6.45, 7) is 0.986. The minimum Gasteiger partial charge on any atom is -0.356 e. The van der Waals surface area contributed by atoms with Crippen molar-refractivity contribution in [1.82, 2.24) is 20.2 Å². The van der Waals surface area contributed by atoms with E-state index in [9.17, 15) is 13.2 Å². The van der Waals surface area contributed by atoms with E-state index < -0.39 is 12.6 Å². The van der Waals surface area contributed by atoms with Crippen molar-refractivity contribution < 1.29 is 13.2 Å². The van der Waals surface area contributed by atoms with Crippen molar-refractivity contribution in [3.8, 4) is 0 Å². The molecule has 0 saturated heterocycles. The number of halogens is 4. The standard InChI is InChI=1S/C16H20F3N5.HI/c1-20-15(22-6-5-16(17,18)19)23-10-13-3-2-4-14(9-13)11-24-8-7-21-12-24;/h2-4,7-9,12H,5-6,10-11H2,1H3,(H2,20,22,23);1H. The molecule has 0 radical (unpaired) electrons. The first-order valence-electron chi connectivity index (χ1n) is 7.51.